The van der Waals surface area contributed by atoms with Crippen LogP contribution in [0.15, 0.2) is 30.5 Å². The lowest BCUT2D eigenvalue weighted by Crippen LogP contribution is -2.23. The van der Waals surface area contributed by atoms with Gasteiger partial charge < -0.3 is 10.1 Å². The van der Waals surface area contributed by atoms with E-state index in [1.165, 1.54) is 25.1 Å². The number of rotatable bonds is 6. The normalized spacial score (nSPS) is 10.6. The minimum Gasteiger partial charge on any atom is -0.452 e. The number of carbonyl (C=O) groups excluding carboxylic acids is 2. The molecule has 0 bridgehead atoms. The van der Waals surface area contributed by atoms with Crippen LogP contribution in [-0.4, -0.2) is 33.2 Å². The lowest BCUT2D eigenvalue weighted by atomic mass is 10.1. The van der Waals surface area contributed by atoms with Gasteiger partial charge in [0.1, 0.15) is 5.82 Å². The first kappa shape index (κ1) is 18.1. The molecule has 1 aromatic heterocycles. The molecule has 1 aromatic carbocycles. The topological polar surface area (TPSA) is 116 Å². The van der Waals surface area contributed by atoms with Crippen molar-refractivity contribution in [3.63, 3.8) is 0 Å². The zero-order valence-corrected chi connectivity index (χ0v) is 14.1. The monoisotopic (exact) mass is 346 g/mol. The number of nitro benzene ring substituents is 1. The van der Waals surface area contributed by atoms with Crippen molar-refractivity contribution in [3.05, 3.63) is 51.7 Å². The maximum absolute atomic E-state index is 12.1. The number of anilines is 1. The van der Waals surface area contributed by atoms with Gasteiger partial charge in [-0.1, -0.05) is 6.07 Å². The van der Waals surface area contributed by atoms with Gasteiger partial charge in [0.25, 0.3) is 11.6 Å². The number of amides is 1. The Morgan fingerprint density at radius 2 is 2.08 bits per heavy atom. The van der Waals surface area contributed by atoms with Crippen molar-refractivity contribution >= 4 is 23.4 Å². The number of aromatic nitrogens is 2. The molecule has 0 radical (unpaired) electrons. The van der Waals surface area contributed by atoms with Crippen molar-refractivity contribution < 1.29 is 19.2 Å². The molecule has 0 aliphatic rings. The second-order valence-corrected chi connectivity index (χ2v) is 5.59. The zero-order valence-electron chi connectivity index (χ0n) is 14.1. The molecule has 1 N–H and O–H groups in total. The molecular weight excluding hydrogens is 328 g/mol. The molecule has 0 saturated carbocycles. The first-order valence-corrected chi connectivity index (χ1v) is 7.55. The number of nitro groups is 1. The fraction of sp³-hybridized carbons (Fsp3) is 0.312. The molecule has 0 saturated heterocycles. The second kappa shape index (κ2) is 7.56. The Morgan fingerprint density at radius 1 is 1.36 bits per heavy atom. The van der Waals surface area contributed by atoms with Crippen molar-refractivity contribution in [1.29, 1.82) is 0 Å². The molecule has 1 amide bonds. The number of esters is 1. The van der Waals surface area contributed by atoms with E-state index in [1.807, 2.05) is 13.8 Å². The lowest BCUT2D eigenvalue weighted by molar-refractivity contribution is -0.385. The Kier molecular flexibility index (Phi) is 5.48. The predicted octanol–water partition coefficient (Wildman–Crippen LogP) is 2.48. The highest BCUT2D eigenvalue weighted by molar-refractivity contribution is 5.96. The van der Waals surface area contributed by atoms with E-state index in [0.717, 1.165) is 0 Å². The van der Waals surface area contributed by atoms with Crippen LogP contribution in [0.5, 0.6) is 0 Å². The number of ether oxygens (including phenoxy) is 1. The van der Waals surface area contributed by atoms with Gasteiger partial charge in [-0.15, -0.1) is 0 Å². The summed E-state index contributed by atoms with van der Waals surface area (Å²) in [5.74, 6) is -0.838. The number of hydrogen-bond donors (Lipinski definition) is 1. The summed E-state index contributed by atoms with van der Waals surface area (Å²) in [6, 6.07) is 5.79. The van der Waals surface area contributed by atoms with Gasteiger partial charge in [-0.2, -0.15) is 5.10 Å². The highest BCUT2D eigenvalue weighted by Gasteiger charge is 2.20. The Balaban J connectivity index is 2.00. The van der Waals surface area contributed by atoms with E-state index in [4.69, 9.17) is 4.74 Å². The lowest BCUT2D eigenvalue weighted by Gasteiger charge is -2.12. The average Bonchev–Trinajstić information content (AvgIpc) is 3.00. The summed E-state index contributed by atoms with van der Waals surface area (Å²) in [4.78, 5) is 34.4. The second-order valence-electron chi connectivity index (χ2n) is 5.59. The summed E-state index contributed by atoms with van der Waals surface area (Å²) in [6.45, 7) is 4.77. The van der Waals surface area contributed by atoms with Gasteiger partial charge in [0.15, 0.2) is 6.61 Å². The van der Waals surface area contributed by atoms with E-state index < -0.39 is 23.4 Å². The van der Waals surface area contributed by atoms with Gasteiger partial charge in [-0.3, -0.25) is 14.9 Å². The van der Waals surface area contributed by atoms with E-state index in [1.54, 1.807) is 16.9 Å². The maximum Gasteiger partial charge on any atom is 0.339 e. The van der Waals surface area contributed by atoms with E-state index in [0.29, 0.717) is 5.82 Å². The summed E-state index contributed by atoms with van der Waals surface area (Å²) in [7, 11) is 0. The highest BCUT2D eigenvalue weighted by atomic mass is 16.6. The van der Waals surface area contributed by atoms with Crippen molar-refractivity contribution in [1.82, 2.24) is 9.78 Å². The van der Waals surface area contributed by atoms with Crippen molar-refractivity contribution in [2.45, 2.75) is 26.8 Å². The molecule has 25 heavy (non-hydrogen) atoms. The van der Waals surface area contributed by atoms with E-state index in [9.17, 15) is 19.7 Å². The standard InChI is InChI=1S/C16H18N4O5/c1-10(2)19-14(7-8-17-19)18-15(21)9-25-16(22)12-5-4-6-13(11(12)3)20(23)24/h4-8,10H,9H2,1-3H3,(H,18,21). The number of nitrogens with one attached hydrogen (secondary N) is 1. The van der Waals surface area contributed by atoms with Gasteiger partial charge in [-0.25, -0.2) is 9.48 Å². The molecule has 0 aliphatic carbocycles. The van der Waals surface area contributed by atoms with E-state index in [2.05, 4.69) is 10.4 Å². The van der Waals surface area contributed by atoms with Gasteiger partial charge in [0.05, 0.1) is 16.7 Å². The minimum absolute atomic E-state index is 0.0502. The molecule has 132 valence electrons. The summed E-state index contributed by atoms with van der Waals surface area (Å²) in [5, 5.41) is 17.6. The van der Waals surface area contributed by atoms with Crippen LogP contribution >= 0.6 is 0 Å². The molecule has 0 fully saturated rings. The van der Waals surface area contributed by atoms with Crippen molar-refractivity contribution in [2.75, 3.05) is 11.9 Å². The summed E-state index contributed by atoms with van der Waals surface area (Å²) in [6.07, 6.45) is 1.55. The SMILES string of the molecule is Cc1c(C(=O)OCC(=O)Nc2ccnn2C(C)C)cccc1[N+](=O)[O-]. The molecule has 0 atom stereocenters. The Bertz CT molecular complexity index is 813. The van der Waals surface area contributed by atoms with Gasteiger partial charge >= 0.3 is 5.97 Å². The van der Waals surface area contributed by atoms with Crippen LogP contribution in [0, 0.1) is 17.0 Å². The van der Waals surface area contributed by atoms with Crippen LogP contribution in [0.25, 0.3) is 0 Å². The third-order valence-corrected chi connectivity index (χ3v) is 3.48. The van der Waals surface area contributed by atoms with Crippen LogP contribution in [-0.2, 0) is 9.53 Å². The highest BCUT2D eigenvalue weighted by Crippen LogP contribution is 2.21. The Labute approximate surface area is 143 Å². The van der Waals surface area contributed by atoms with Gasteiger partial charge in [0, 0.05) is 23.7 Å². The Hall–Kier alpha value is -3.23. The summed E-state index contributed by atoms with van der Waals surface area (Å²) >= 11 is 0. The molecule has 2 aromatic rings. The third kappa shape index (κ3) is 4.19. The molecule has 2 rings (SSSR count). The average molecular weight is 346 g/mol. The summed E-state index contributed by atoms with van der Waals surface area (Å²) < 4.78 is 6.57. The smallest absolute Gasteiger partial charge is 0.339 e. The van der Waals surface area contributed by atoms with E-state index >= 15 is 0 Å². The molecule has 0 aliphatic heterocycles. The van der Waals surface area contributed by atoms with Crippen LogP contribution in [0.2, 0.25) is 0 Å². The van der Waals surface area contributed by atoms with Crippen molar-refractivity contribution in [3.8, 4) is 0 Å². The first-order valence-electron chi connectivity index (χ1n) is 7.55. The predicted molar refractivity (Wildman–Crippen MR) is 89.4 cm³/mol. The fourth-order valence-electron chi connectivity index (χ4n) is 2.25. The minimum atomic E-state index is -0.797. The largest absolute Gasteiger partial charge is 0.452 e. The van der Waals surface area contributed by atoms with Crippen LogP contribution < -0.4 is 5.32 Å². The number of carbonyl (C=O) groups is 2. The fourth-order valence-corrected chi connectivity index (χ4v) is 2.25. The summed E-state index contributed by atoms with van der Waals surface area (Å²) in [5.41, 5.74) is 0.0600. The Morgan fingerprint density at radius 3 is 2.72 bits per heavy atom. The van der Waals surface area contributed by atoms with Crippen LogP contribution in [0.4, 0.5) is 11.5 Å². The maximum atomic E-state index is 12.1. The van der Waals surface area contributed by atoms with Crippen molar-refractivity contribution in [2.24, 2.45) is 0 Å². The van der Waals surface area contributed by atoms with Gasteiger partial charge in [-0.05, 0) is 26.8 Å². The molecular formula is C16H18N4O5. The van der Waals surface area contributed by atoms with Gasteiger partial charge in [0.2, 0.25) is 0 Å². The van der Waals surface area contributed by atoms with Crippen LogP contribution in [0.3, 0.4) is 0 Å². The number of hydrogen-bond acceptors (Lipinski definition) is 6. The van der Waals surface area contributed by atoms with Crippen LogP contribution in [0.1, 0.15) is 35.8 Å². The quantitative estimate of drug-likeness (QED) is 0.488. The molecule has 1 heterocycles. The first-order chi connectivity index (χ1) is 11.8. The zero-order chi connectivity index (χ0) is 18.6. The third-order valence-electron chi connectivity index (χ3n) is 3.48. The molecule has 0 unspecified atom stereocenters. The molecule has 9 heteroatoms. The molecule has 0 spiro atoms. The number of benzene rings is 1. The molecule has 9 nitrogen and oxygen atoms in total. The van der Waals surface area contributed by atoms with E-state index in [-0.39, 0.29) is 22.9 Å². The number of nitrogens with zero attached hydrogens (tertiary/aromatic N) is 3.